The summed E-state index contributed by atoms with van der Waals surface area (Å²) >= 11 is 0. The van der Waals surface area contributed by atoms with Gasteiger partial charge < -0.3 is 20.1 Å². The van der Waals surface area contributed by atoms with Gasteiger partial charge in [0.05, 0.1) is 0 Å². The van der Waals surface area contributed by atoms with Crippen molar-refractivity contribution in [3.05, 3.63) is 35.9 Å². The van der Waals surface area contributed by atoms with E-state index in [1.807, 2.05) is 30.3 Å². The molecule has 0 aliphatic carbocycles. The van der Waals surface area contributed by atoms with Gasteiger partial charge in [-0.15, -0.1) is 0 Å². The first kappa shape index (κ1) is 15.0. The first-order chi connectivity index (χ1) is 8.99. The van der Waals surface area contributed by atoms with E-state index in [0.29, 0.717) is 0 Å². The number of rotatable bonds is 6. The molecule has 1 atom stereocenters. The summed E-state index contributed by atoms with van der Waals surface area (Å²) in [6, 6.07) is 8.19. The Hall–Kier alpha value is -2.08. The molecule has 0 fully saturated rings. The van der Waals surface area contributed by atoms with Gasteiger partial charge in [0.1, 0.15) is 12.6 Å². The minimum Gasteiger partial charge on any atom is -0.480 e. The quantitative estimate of drug-likeness (QED) is 0.800. The maximum Gasteiger partial charge on any atom is 0.408 e. The Labute approximate surface area is 112 Å². The van der Waals surface area contributed by atoms with E-state index in [2.05, 4.69) is 5.32 Å². The first-order valence-electron chi connectivity index (χ1n) is 5.84. The first-order valence-corrected chi connectivity index (χ1v) is 5.84. The number of benzene rings is 1. The number of amides is 1. The molecular formula is C13H18N2O4. The van der Waals surface area contributed by atoms with Crippen LogP contribution < -0.4 is 5.32 Å². The lowest BCUT2D eigenvalue weighted by Crippen LogP contribution is -2.47. The van der Waals surface area contributed by atoms with E-state index in [-0.39, 0.29) is 13.2 Å². The molecule has 1 unspecified atom stereocenters. The molecule has 19 heavy (non-hydrogen) atoms. The van der Waals surface area contributed by atoms with Gasteiger partial charge in [0.15, 0.2) is 0 Å². The van der Waals surface area contributed by atoms with Crippen molar-refractivity contribution in [1.29, 1.82) is 0 Å². The predicted molar refractivity (Wildman–Crippen MR) is 69.7 cm³/mol. The van der Waals surface area contributed by atoms with E-state index in [0.717, 1.165) is 5.56 Å². The summed E-state index contributed by atoms with van der Waals surface area (Å²) in [5.74, 6) is -1.09. The molecule has 1 aromatic carbocycles. The molecule has 0 saturated carbocycles. The smallest absolute Gasteiger partial charge is 0.408 e. The standard InChI is InChI=1S/C13H18N2O4/c1-15(2)8-11(12(16)17)14-13(18)19-9-10-6-4-3-5-7-10/h3-7,11H,8-9H2,1-2H3,(H,14,18)(H,16,17). The molecule has 2 N–H and O–H groups in total. The highest BCUT2D eigenvalue weighted by Crippen LogP contribution is 2.01. The van der Waals surface area contributed by atoms with E-state index in [4.69, 9.17) is 9.84 Å². The van der Waals surface area contributed by atoms with Crippen LogP contribution in [-0.4, -0.2) is 48.8 Å². The highest BCUT2D eigenvalue weighted by atomic mass is 16.5. The van der Waals surface area contributed by atoms with Crippen LogP contribution in [-0.2, 0) is 16.1 Å². The molecule has 1 rings (SSSR count). The molecule has 0 aliphatic rings. The molecule has 0 aliphatic heterocycles. The third-order valence-electron chi connectivity index (χ3n) is 2.35. The van der Waals surface area contributed by atoms with Crippen molar-refractivity contribution < 1.29 is 19.4 Å². The number of hydrogen-bond donors (Lipinski definition) is 2. The van der Waals surface area contributed by atoms with Gasteiger partial charge >= 0.3 is 12.1 Å². The largest absolute Gasteiger partial charge is 0.480 e. The van der Waals surface area contributed by atoms with Crippen molar-refractivity contribution in [3.8, 4) is 0 Å². The number of ether oxygens (including phenoxy) is 1. The lowest BCUT2D eigenvalue weighted by atomic mass is 10.2. The van der Waals surface area contributed by atoms with Crippen LogP contribution in [0, 0.1) is 0 Å². The number of carbonyl (C=O) groups is 2. The SMILES string of the molecule is CN(C)CC(NC(=O)OCc1ccccc1)C(=O)O. The van der Waals surface area contributed by atoms with E-state index in [1.54, 1.807) is 19.0 Å². The summed E-state index contributed by atoms with van der Waals surface area (Å²) in [6.45, 7) is 0.316. The second-order valence-electron chi connectivity index (χ2n) is 4.36. The highest BCUT2D eigenvalue weighted by molar-refractivity contribution is 5.80. The number of nitrogens with zero attached hydrogens (tertiary/aromatic N) is 1. The van der Waals surface area contributed by atoms with Crippen molar-refractivity contribution >= 4 is 12.1 Å². The molecule has 6 heteroatoms. The Bertz CT molecular complexity index is 420. The average molecular weight is 266 g/mol. The Morgan fingerprint density at radius 1 is 1.32 bits per heavy atom. The summed E-state index contributed by atoms with van der Waals surface area (Å²) in [5, 5.41) is 11.3. The van der Waals surface area contributed by atoms with Gasteiger partial charge in [-0.05, 0) is 19.7 Å². The zero-order chi connectivity index (χ0) is 14.3. The second kappa shape index (κ2) is 7.38. The maximum atomic E-state index is 11.5. The van der Waals surface area contributed by atoms with Gasteiger partial charge in [-0.1, -0.05) is 30.3 Å². The molecule has 1 amide bonds. The summed E-state index contributed by atoms with van der Waals surface area (Å²) < 4.78 is 4.96. The Balaban J connectivity index is 2.42. The van der Waals surface area contributed by atoms with Crippen LogP contribution in [0.1, 0.15) is 5.56 Å². The Kier molecular flexibility index (Phi) is 5.81. The second-order valence-corrected chi connectivity index (χ2v) is 4.36. The molecule has 0 saturated heterocycles. The molecule has 0 spiro atoms. The topological polar surface area (TPSA) is 78.9 Å². The summed E-state index contributed by atoms with van der Waals surface area (Å²) in [4.78, 5) is 24.1. The number of hydrogen-bond acceptors (Lipinski definition) is 4. The van der Waals surface area contributed by atoms with Gasteiger partial charge in [-0.25, -0.2) is 9.59 Å². The molecule has 0 bridgehead atoms. The van der Waals surface area contributed by atoms with Crippen LogP contribution in [0.5, 0.6) is 0 Å². The molecule has 104 valence electrons. The summed E-state index contributed by atoms with van der Waals surface area (Å²) in [5.41, 5.74) is 0.845. The predicted octanol–water partition coefficient (Wildman–Crippen LogP) is 0.928. The molecule has 6 nitrogen and oxygen atoms in total. The molecule has 0 heterocycles. The van der Waals surface area contributed by atoms with Crippen molar-refractivity contribution in [3.63, 3.8) is 0 Å². The van der Waals surface area contributed by atoms with Crippen LogP contribution in [0.25, 0.3) is 0 Å². The number of aliphatic carboxylic acids is 1. The maximum absolute atomic E-state index is 11.5. The zero-order valence-electron chi connectivity index (χ0n) is 11.0. The van der Waals surface area contributed by atoms with Crippen molar-refractivity contribution in [2.45, 2.75) is 12.6 Å². The van der Waals surface area contributed by atoms with E-state index in [1.165, 1.54) is 0 Å². The third-order valence-corrected chi connectivity index (χ3v) is 2.35. The van der Waals surface area contributed by atoms with Crippen molar-refractivity contribution in [2.75, 3.05) is 20.6 Å². The van der Waals surface area contributed by atoms with Gasteiger partial charge in [0.25, 0.3) is 0 Å². The van der Waals surface area contributed by atoms with Gasteiger partial charge in [-0.2, -0.15) is 0 Å². The van der Waals surface area contributed by atoms with Crippen molar-refractivity contribution in [1.82, 2.24) is 10.2 Å². The fraction of sp³-hybridized carbons (Fsp3) is 0.385. The third kappa shape index (κ3) is 5.87. The monoisotopic (exact) mass is 266 g/mol. The van der Waals surface area contributed by atoms with Crippen molar-refractivity contribution in [2.24, 2.45) is 0 Å². The number of carbonyl (C=O) groups excluding carboxylic acids is 1. The fourth-order valence-electron chi connectivity index (χ4n) is 1.46. The molecule has 0 aromatic heterocycles. The minimum atomic E-state index is -1.09. The Morgan fingerprint density at radius 3 is 2.47 bits per heavy atom. The van der Waals surface area contributed by atoms with Crippen LogP contribution in [0.3, 0.4) is 0 Å². The minimum absolute atomic E-state index is 0.112. The summed E-state index contributed by atoms with van der Waals surface area (Å²) in [6.07, 6.45) is -0.738. The lowest BCUT2D eigenvalue weighted by Gasteiger charge is -2.18. The number of nitrogens with one attached hydrogen (secondary N) is 1. The lowest BCUT2D eigenvalue weighted by molar-refractivity contribution is -0.139. The van der Waals surface area contributed by atoms with E-state index >= 15 is 0 Å². The average Bonchev–Trinajstić information content (AvgIpc) is 2.36. The fourth-order valence-corrected chi connectivity index (χ4v) is 1.46. The summed E-state index contributed by atoms with van der Waals surface area (Å²) in [7, 11) is 3.46. The number of carboxylic acid groups (broad SMARTS) is 1. The van der Waals surface area contributed by atoms with Crippen LogP contribution in [0.2, 0.25) is 0 Å². The number of likely N-dealkylation sites (N-methyl/N-ethyl adjacent to an activating group) is 1. The highest BCUT2D eigenvalue weighted by Gasteiger charge is 2.21. The molecule has 0 radical (unpaired) electrons. The van der Waals surface area contributed by atoms with E-state index < -0.39 is 18.1 Å². The number of carboxylic acids is 1. The normalized spacial score (nSPS) is 11.9. The zero-order valence-corrected chi connectivity index (χ0v) is 11.0. The van der Waals surface area contributed by atoms with Crippen LogP contribution in [0.4, 0.5) is 4.79 Å². The molecule has 1 aromatic rings. The molecular weight excluding hydrogens is 248 g/mol. The van der Waals surface area contributed by atoms with Gasteiger partial charge in [-0.3, -0.25) is 0 Å². The Morgan fingerprint density at radius 2 is 1.95 bits per heavy atom. The van der Waals surface area contributed by atoms with Gasteiger partial charge in [0.2, 0.25) is 0 Å². The van der Waals surface area contributed by atoms with E-state index in [9.17, 15) is 9.59 Å². The van der Waals surface area contributed by atoms with Gasteiger partial charge in [0, 0.05) is 6.54 Å². The van der Waals surface area contributed by atoms with Crippen LogP contribution in [0.15, 0.2) is 30.3 Å². The van der Waals surface area contributed by atoms with Crippen LogP contribution >= 0.6 is 0 Å². The number of alkyl carbamates (subject to hydrolysis) is 1.